The smallest absolute Gasteiger partial charge is 0 e. The Labute approximate surface area is 473 Å². The third-order valence-electron chi connectivity index (χ3n) is 4.24. The topological polar surface area (TPSA) is 203 Å². The standard InChI is InChI=1S/2C9H22O4Si.C9H22O3Si.C6H16O4Si.C3H8O.8CH3.2CH.3W/c2*1-7(2)11-14(10,12-8(3)4)13-9(5)6;1-7(2)10-13(11-8(3)4)12-9(5)6;1-5(2)9-11(7,8)10-6(3)4;1-3(2)4;;;;;;;;;;;;;/h2*7-10H,1-6H3;7-9,13H,1-6H3;5-8H,1-4H3;3-4H,1-2H3;8*1H3;2*1H;;;/q;;;;;8*-1;;;;;+1. The number of hydrogen-bond donors (Lipinski definition) is 5. The molecule has 0 fully saturated rings. The van der Waals surface area contributed by atoms with Gasteiger partial charge >= 0.3 is 84.4 Å². The molecule has 0 unspecified atom stereocenters. The van der Waals surface area contributed by atoms with Crippen LogP contribution >= 0.6 is 0 Å². The van der Waals surface area contributed by atoms with Crippen molar-refractivity contribution in [2.24, 2.45) is 0 Å². The molecular formula is C46H116O16Si4W3-7. The second-order valence-corrected chi connectivity index (χ2v) is 22.3. The Kier molecular flexibility index (Phi) is 113. The molecular weight excluding hydrogens is 1470 g/mol. The molecule has 0 saturated carbocycles. The predicted octanol–water partition coefficient (Wildman–Crippen LogP) is 9.85. The van der Waals surface area contributed by atoms with E-state index in [1.807, 2.05) is 125 Å². The van der Waals surface area contributed by atoms with Crippen LogP contribution in [-0.4, -0.2) is 134 Å². The first-order valence-electron chi connectivity index (χ1n) is 20.4. The number of hydrogen-bond acceptors (Lipinski definition) is 16. The predicted molar refractivity (Wildman–Crippen MR) is 290 cm³/mol. The quantitative estimate of drug-likeness (QED) is 0.0506. The van der Waals surface area contributed by atoms with Crippen LogP contribution < -0.4 is 0 Å². The zero-order valence-electron chi connectivity index (χ0n) is 50.1. The van der Waals surface area contributed by atoms with Gasteiger partial charge in [0.25, 0.3) is 0 Å². The monoisotopic (exact) mass is 1590 g/mol. The Morgan fingerprint density at radius 3 is 0.536 bits per heavy atom. The molecule has 437 valence electrons. The van der Waals surface area contributed by atoms with Gasteiger partial charge in [0.1, 0.15) is 0 Å². The molecule has 0 rings (SSSR count). The van der Waals surface area contributed by atoms with Crippen LogP contribution in [0.1, 0.15) is 166 Å². The largest absolute Gasteiger partial charge is 0 e. The molecule has 23 heteroatoms. The summed E-state index contributed by atoms with van der Waals surface area (Å²) < 4.78 is 67.3. The molecule has 0 bridgehead atoms. The van der Waals surface area contributed by atoms with Crippen molar-refractivity contribution in [3.05, 3.63) is 59.4 Å². The first kappa shape index (κ1) is 115. The molecule has 16 nitrogen and oxygen atoms in total. The minimum Gasteiger partial charge on any atom is 0 e. The van der Waals surface area contributed by atoms with Gasteiger partial charge in [0.2, 0.25) is 0 Å². The second-order valence-electron chi connectivity index (χ2n) is 15.9. The van der Waals surface area contributed by atoms with E-state index in [1.165, 1.54) is 0 Å². The van der Waals surface area contributed by atoms with E-state index in [9.17, 15) is 9.59 Å². The maximum absolute atomic E-state index is 9.99. The fourth-order valence-electron chi connectivity index (χ4n) is 3.36. The molecule has 0 heterocycles. The number of aliphatic hydroxyl groups is 1. The fraction of sp³-hybridized carbons (Fsp3) is 0.783. The van der Waals surface area contributed by atoms with Crippen molar-refractivity contribution in [1.82, 2.24) is 0 Å². The van der Waals surface area contributed by atoms with Crippen LogP contribution in [0.2, 0.25) is 0 Å². The molecule has 0 amide bonds. The molecule has 0 aromatic heterocycles. The van der Waals surface area contributed by atoms with Gasteiger partial charge in [-0.15, -0.1) is 0 Å². The van der Waals surface area contributed by atoms with Gasteiger partial charge in [0, 0.05) is 94.3 Å². The van der Waals surface area contributed by atoms with Gasteiger partial charge in [0.05, 0.1) is 0 Å². The van der Waals surface area contributed by atoms with Crippen molar-refractivity contribution < 1.29 is 132 Å². The normalized spacial score (nSPS) is 10.4. The minimum atomic E-state index is -3.83. The first-order chi connectivity index (χ1) is 27.0. The van der Waals surface area contributed by atoms with Gasteiger partial charge < -0.3 is 132 Å². The summed E-state index contributed by atoms with van der Waals surface area (Å²) in [5.74, 6) is 0. The Balaban J connectivity index is -0.0000000354. The number of rotatable bonds is 22. The maximum Gasteiger partial charge on any atom is 0 e. The Morgan fingerprint density at radius 2 is 0.449 bits per heavy atom. The molecule has 0 radical (unpaired) electrons. The Hall–Kier alpha value is 1.85. The van der Waals surface area contributed by atoms with Crippen LogP contribution in [0.5, 0.6) is 0 Å². The third-order valence-corrected chi connectivity index (χ3v) is 12.7. The molecule has 0 aliphatic rings. The SMILES string of the molecule is CC(C)O.CC(C)O[SiH](OC(C)C)OC(C)C.CC(C)O[Si](O)(O)OC(C)C.CC(C)O[Si](O)(OC(C)C)OC(C)C.CC(C)O[Si](O)(OC(C)C)OC(C)C.[CH3-].[CH3-].[CH3-].[CH3-].[CH3-].[CH3-].[CH3-].[CH3-].[CH]#[W+].[CH]#[W].[W]. The van der Waals surface area contributed by atoms with E-state index in [0.717, 1.165) is 38.3 Å². The molecule has 0 spiro atoms. The average molecular weight is 1590 g/mol. The van der Waals surface area contributed by atoms with Crippen molar-refractivity contribution in [3.63, 3.8) is 0 Å². The van der Waals surface area contributed by atoms with Crippen molar-refractivity contribution in [1.29, 1.82) is 0 Å². The zero-order valence-corrected chi connectivity index (χ0v) is 63.1. The van der Waals surface area contributed by atoms with Crippen molar-refractivity contribution >= 4 is 36.7 Å². The summed E-state index contributed by atoms with van der Waals surface area (Å²) in [5, 5.41) is 8.06. The average Bonchev–Trinajstić information content (AvgIpc) is 2.94. The van der Waals surface area contributed by atoms with Gasteiger partial charge in [-0.3, -0.25) is 0 Å². The molecule has 5 N–H and O–H groups in total. The summed E-state index contributed by atoms with van der Waals surface area (Å²) in [7, 11) is -12.6. The van der Waals surface area contributed by atoms with E-state index in [-0.39, 0.29) is 154 Å². The maximum atomic E-state index is 9.99. The first-order valence-corrected chi connectivity index (χ1v) is 30.3. The van der Waals surface area contributed by atoms with Crippen molar-refractivity contribution in [2.75, 3.05) is 0 Å². The van der Waals surface area contributed by atoms with Crippen LogP contribution in [0.3, 0.4) is 0 Å². The van der Waals surface area contributed by atoms with Crippen LogP contribution in [0.4, 0.5) is 0 Å². The molecule has 69 heavy (non-hydrogen) atoms. The van der Waals surface area contributed by atoms with Crippen LogP contribution in [0, 0.1) is 68.8 Å². The van der Waals surface area contributed by atoms with E-state index in [4.69, 9.17) is 63.4 Å². The minimum absolute atomic E-state index is 0. The molecule has 0 aromatic carbocycles. The summed E-state index contributed by atoms with van der Waals surface area (Å²) in [6.45, 7) is 44.3. The van der Waals surface area contributed by atoms with E-state index < -0.39 is 36.7 Å². The fourth-order valence-corrected chi connectivity index (χ4v) is 10.1. The summed E-state index contributed by atoms with van der Waals surface area (Å²) in [4.78, 5) is 38.2. The molecule has 0 aliphatic carbocycles. The van der Waals surface area contributed by atoms with E-state index in [1.54, 1.807) is 41.5 Å². The zero-order chi connectivity index (χ0) is 49.8. The van der Waals surface area contributed by atoms with Gasteiger partial charge in [-0.05, 0) is 166 Å². The number of aliphatic hydroxyl groups excluding tert-OH is 1. The van der Waals surface area contributed by atoms with E-state index >= 15 is 0 Å². The summed E-state index contributed by atoms with van der Waals surface area (Å²) in [5.41, 5.74) is 0. The summed E-state index contributed by atoms with van der Waals surface area (Å²) in [6.07, 6.45) is -0.738. The van der Waals surface area contributed by atoms with Gasteiger partial charge in [-0.2, -0.15) is 0 Å². The van der Waals surface area contributed by atoms with Crippen LogP contribution in [-0.2, 0) is 108 Å². The van der Waals surface area contributed by atoms with Crippen LogP contribution in [0.15, 0.2) is 0 Å². The van der Waals surface area contributed by atoms with Crippen molar-refractivity contribution in [3.8, 4) is 9.41 Å². The van der Waals surface area contributed by atoms with Gasteiger partial charge in [0.15, 0.2) is 0 Å². The second kappa shape index (κ2) is 67.9. The third kappa shape index (κ3) is 111. The molecule has 0 aromatic rings. The van der Waals surface area contributed by atoms with Crippen molar-refractivity contribution in [2.45, 2.75) is 239 Å². The summed E-state index contributed by atoms with van der Waals surface area (Å²) in [6, 6.07) is 0. The Morgan fingerprint density at radius 1 is 0.333 bits per heavy atom. The molecule has 0 aliphatic heterocycles. The Bertz CT molecular complexity index is 835. The van der Waals surface area contributed by atoms with Gasteiger partial charge in [-0.25, -0.2) is 0 Å². The molecule has 0 atom stereocenters. The van der Waals surface area contributed by atoms with Crippen LogP contribution in [0.25, 0.3) is 0 Å². The van der Waals surface area contributed by atoms with Gasteiger partial charge in [-0.1, -0.05) is 0 Å². The summed E-state index contributed by atoms with van der Waals surface area (Å²) >= 11 is 2.17. The van der Waals surface area contributed by atoms with E-state index in [2.05, 4.69) is 9.41 Å². The molecule has 0 saturated heterocycles. The van der Waals surface area contributed by atoms with E-state index in [0.29, 0.717) is 0 Å².